The monoisotopic (exact) mass is 706 g/mol. The number of alkyl halides is 5. The van der Waals surface area contributed by atoms with Crippen LogP contribution in [0.25, 0.3) is 0 Å². The fraction of sp³-hybridized carbons (Fsp3) is 0.333. The van der Waals surface area contributed by atoms with E-state index >= 15 is 0 Å². The fourth-order valence-corrected chi connectivity index (χ4v) is 2.92. The van der Waals surface area contributed by atoms with Crippen LogP contribution in [0.15, 0.2) is 36.4 Å². The minimum atomic E-state index is -5.01. The van der Waals surface area contributed by atoms with E-state index in [1.807, 2.05) is 5.32 Å². The normalized spacial score (nSPS) is 13.0. The second kappa shape index (κ2) is 17.7. The van der Waals surface area contributed by atoms with Gasteiger partial charge >= 0.3 is 57.6 Å². The molecule has 0 aliphatic heterocycles. The molecule has 0 radical (unpaired) electrons. The van der Waals surface area contributed by atoms with Crippen LogP contribution in [0.2, 0.25) is 0 Å². The van der Waals surface area contributed by atoms with Gasteiger partial charge in [0.25, 0.3) is 23.2 Å². The van der Waals surface area contributed by atoms with Crippen molar-refractivity contribution < 1.29 is 103 Å². The van der Waals surface area contributed by atoms with Crippen molar-refractivity contribution in [3.05, 3.63) is 67.8 Å². The SMILES string of the molecule is CC#Cc1cc(NC(=O)[C@@](C)(O)CBr)ccc1[N+](=O)[O-].C[C@](O)(C[18F])C(=O)Nc1ccc([N+](=O)[O-])c(C(F)(F)F)c1.[18F-].[K+]. The number of amides is 2. The fourth-order valence-electron chi connectivity index (χ4n) is 2.66. The first-order valence-corrected chi connectivity index (χ1v) is 12.2. The molecule has 2 aromatic carbocycles. The molecule has 12 nitrogen and oxygen atoms in total. The Morgan fingerprint density at radius 1 is 0.930 bits per heavy atom. The zero-order chi connectivity index (χ0) is 31.8. The molecule has 2 aromatic rings. The first-order chi connectivity index (χ1) is 18.8. The molecule has 0 unspecified atom stereocenters. The molecule has 0 heterocycles. The minimum Gasteiger partial charge on any atom is -1.00 e. The van der Waals surface area contributed by atoms with E-state index in [0.29, 0.717) is 17.8 Å². The van der Waals surface area contributed by atoms with Gasteiger partial charge in [-0.25, -0.2) is 4.39 Å². The van der Waals surface area contributed by atoms with E-state index in [2.05, 4.69) is 33.1 Å². The number of nitro groups is 2. The van der Waals surface area contributed by atoms with Gasteiger partial charge in [0.2, 0.25) is 0 Å². The third kappa shape index (κ3) is 12.5. The summed E-state index contributed by atoms with van der Waals surface area (Å²) in [5, 5.41) is 44.9. The summed E-state index contributed by atoms with van der Waals surface area (Å²) in [7, 11) is 0. The number of nitro benzene ring substituents is 2. The van der Waals surface area contributed by atoms with Crippen LogP contribution in [0.5, 0.6) is 0 Å². The van der Waals surface area contributed by atoms with Crippen molar-refractivity contribution in [2.75, 3.05) is 22.6 Å². The summed E-state index contributed by atoms with van der Waals surface area (Å²) in [6, 6.07) is 5.79. The quantitative estimate of drug-likeness (QED) is 0.0627. The van der Waals surface area contributed by atoms with Crippen molar-refractivity contribution in [3.8, 4) is 11.8 Å². The topological polar surface area (TPSA) is 185 Å². The number of hydrogen-bond donors (Lipinski definition) is 4. The van der Waals surface area contributed by atoms with E-state index in [1.165, 1.54) is 25.1 Å². The second-order valence-corrected chi connectivity index (χ2v) is 9.13. The molecule has 0 spiro atoms. The predicted molar refractivity (Wildman–Crippen MR) is 142 cm³/mol. The van der Waals surface area contributed by atoms with Crippen LogP contribution in [0.1, 0.15) is 31.9 Å². The molecular weight excluding hydrogens is 684 g/mol. The minimum absolute atomic E-state index is 0. The Kier molecular flexibility index (Phi) is 17.5. The van der Waals surface area contributed by atoms with Crippen molar-refractivity contribution in [1.82, 2.24) is 0 Å². The third-order valence-electron chi connectivity index (χ3n) is 4.97. The van der Waals surface area contributed by atoms with Crippen molar-refractivity contribution in [2.45, 2.75) is 38.1 Å². The molecule has 2 atom stereocenters. The molecule has 2 rings (SSSR count). The summed E-state index contributed by atoms with van der Waals surface area (Å²) in [6.45, 7) is 2.30. The molecule has 0 aromatic heterocycles. The summed E-state index contributed by atoms with van der Waals surface area (Å²) >= 11 is 3.03. The summed E-state index contributed by atoms with van der Waals surface area (Å²) in [5.41, 5.74) is -6.79. The molecule has 2 amide bonds. The zero-order valence-corrected chi connectivity index (χ0v) is 27.6. The Bertz CT molecular complexity index is 1400. The Labute approximate surface area is 291 Å². The molecule has 230 valence electrons. The van der Waals surface area contributed by atoms with Gasteiger partial charge in [-0.3, -0.25) is 29.8 Å². The zero-order valence-electron chi connectivity index (χ0n) is 22.9. The average molecular weight is 707 g/mol. The number of carbonyl (C=O) groups is 2. The number of carbonyl (C=O) groups excluding carboxylic acids is 2. The maximum Gasteiger partial charge on any atom is 1.00 e. The molecule has 0 fully saturated rings. The van der Waals surface area contributed by atoms with Gasteiger partial charge in [0.15, 0.2) is 5.60 Å². The van der Waals surface area contributed by atoms with Crippen LogP contribution < -0.4 is 66.7 Å². The molecule has 19 heteroatoms. The first-order valence-electron chi connectivity index (χ1n) is 11.1. The van der Waals surface area contributed by atoms with E-state index in [-0.39, 0.29) is 72.7 Å². The van der Waals surface area contributed by atoms with E-state index in [4.69, 9.17) is 0 Å². The number of benzene rings is 2. The first kappa shape index (κ1) is 42.6. The Morgan fingerprint density at radius 2 is 1.37 bits per heavy atom. The van der Waals surface area contributed by atoms with E-state index in [9.17, 15) is 57.6 Å². The second-order valence-electron chi connectivity index (χ2n) is 8.57. The summed E-state index contributed by atoms with van der Waals surface area (Å²) < 4.78 is 50.5. The van der Waals surface area contributed by atoms with Gasteiger partial charge in [-0.15, -0.1) is 5.92 Å². The maximum absolute atomic E-state index is 12.7. The van der Waals surface area contributed by atoms with Crippen LogP contribution in [-0.2, 0) is 15.8 Å². The number of halogens is 6. The standard InChI is InChI=1S/C13H13BrN2O4.C11H10F4N2O4.FH.K/c1-3-4-9-7-10(5-6-11(9)16(19)20)15-12(17)13(2,18)8-14;1-10(19,5-12)9(18)16-6-2-3-8(17(20)21)7(4-6)11(13,14)15;;/h5-7,18H,8H2,1-2H3,(H,15,17);2-4,19H,5H2,1H3,(H,16,18);1H;/q;;;+1/p-1/t13-;10-;;/m00../s1/i;12-1;1-1;. The van der Waals surface area contributed by atoms with E-state index < -0.39 is 62.7 Å². The molecule has 0 aliphatic carbocycles. The summed E-state index contributed by atoms with van der Waals surface area (Å²) in [6.07, 6.45) is -5.01. The number of rotatable bonds is 8. The third-order valence-corrected chi connectivity index (χ3v) is 6.06. The van der Waals surface area contributed by atoms with Gasteiger partial charge in [-0.05, 0) is 45.0 Å². The van der Waals surface area contributed by atoms with E-state index in [0.717, 1.165) is 13.0 Å². The Morgan fingerprint density at radius 3 is 1.77 bits per heavy atom. The number of nitrogens with zero attached hydrogens (tertiary/aromatic N) is 2. The maximum atomic E-state index is 12.7. The molecule has 0 aliphatic rings. The molecular formula is C24H23BrF5KN4O8. The number of hydrogen-bond acceptors (Lipinski definition) is 8. The number of nitrogens with one attached hydrogen (secondary N) is 2. The molecule has 4 N–H and O–H groups in total. The largest absolute Gasteiger partial charge is 1.00 e. The van der Waals surface area contributed by atoms with Gasteiger partial charge in [0, 0.05) is 28.8 Å². The van der Waals surface area contributed by atoms with Crippen molar-refractivity contribution in [2.24, 2.45) is 0 Å². The summed E-state index contributed by atoms with van der Waals surface area (Å²) in [5.74, 6) is 3.30. The summed E-state index contributed by atoms with van der Waals surface area (Å²) in [4.78, 5) is 42.8. The van der Waals surface area contributed by atoms with Crippen LogP contribution in [0, 0.1) is 32.1 Å². The van der Waals surface area contributed by atoms with Crippen molar-refractivity contribution in [1.29, 1.82) is 0 Å². The average Bonchev–Trinajstić information content (AvgIpc) is 2.88. The van der Waals surface area contributed by atoms with Gasteiger partial charge < -0.3 is 25.6 Å². The number of aliphatic hydroxyl groups is 2. The molecule has 0 saturated heterocycles. The molecule has 0 bridgehead atoms. The van der Waals surface area contributed by atoms with Gasteiger partial charge in [-0.1, -0.05) is 21.9 Å². The molecule has 43 heavy (non-hydrogen) atoms. The number of anilines is 2. The predicted octanol–water partition coefficient (Wildman–Crippen LogP) is -1.67. The van der Waals surface area contributed by atoms with Crippen LogP contribution in [0.3, 0.4) is 0 Å². The Hall–Kier alpha value is -2.57. The molecule has 0 saturated carbocycles. The smallest absolute Gasteiger partial charge is 1.00 e. The Balaban J connectivity index is 0. The van der Waals surface area contributed by atoms with E-state index in [1.54, 1.807) is 6.92 Å². The van der Waals surface area contributed by atoms with Gasteiger partial charge in [-0.2, -0.15) is 13.2 Å². The van der Waals surface area contributed by atoms with Crippen molar-refractivity contribution in [3.63, 3.8) is 0 Å². The van der Waals surface area contributed by atoms with Gasteiger partial charge in [0.05, 0.1) is 9.85 Å². The van der Waals surface area contributed by atoms with Crippen molar-refractivity contribution >= 4 is 50.5 Å². The van der Waals surface area contributed by atoms with Crippen LogP contribution >= 0.6 is 15.9 Å². The van der Waals surface area contributed by atoms with Crippen LogP contribution in [-0.4, -0.2) is 55.1 Å². The van der Waals surface area contributed by atoms with Gasteiger partial charge in [0.1, 0.15) is 23.4 Å². The van der Waals surface area contributed by atoms with Crippen LogP contribution in [0.4, 0.5) is 40.3 Å².